The average molecular weight is 273 g/mol. The largest absolute Gasteiger partial charge is 0.508 e. The Kier molecular flexibility index (Phi) is 4.71. The Morgan fingerprint density at radius 3 is 2.65 bits per heavy atom. The second-order valence-corrected chi connectivity index (χ2v) is 4.32. The van der Waals surface area contributed by atoms with Crippen molar-refractivity contribution in [1.82, 2.24) is 0 Å². The minimum absolute atomic E-state index is 0.250. The number of phenols is 1. The lowest BCUT2D eigenvalue weighted by atomic mass is 10.2. The van der Waals surface area contributed by atoms with E-state index in [1.807, 2.05) is 31.2 Å². The molecule has 106 valence electrons. The van der Waals surface area contributed by atoms with Crippen molar-refractivity contribution in [2.45, 2.75) is 13.5 Å². The van der Waals surface area contributed by atoms with Crippen LogP contribution in [0.15, 0.2) is 42.5 Å². The molecule has 4 nitrogen and oxygen atoms in total. The number of rotatable bonds is 6. The first-order valence-electron chi connectivity index (χ1n) is 6.55. The maximum atomic E-state index is 9.42. The molecule has 2 aromatic carbocycles. The molecule has 4 heteroatoms. The second kappa shape index (κ2) is 6.70. The summed E-state index contributed by atoms with van der Waals surface area (Å²) < 4.78 is 10.8. The molecule has 0 aliphatic rings. The number of benzene rings is 2. The predicted molar refractivity (Wildman–Crippen MR) is 79.6 cm³/mol. The van der Waals surface area contributed by atoms with Crippen molar-refractivity contribution in [1.29, 1.82) is 0 Å². The predicted octanol–water partition coefficient (Wildman–Crippen LogP) is 3.41. The molecule has 0 aromatic heterocycles. The first-order valence-corrected chi connectivity index (χ1v) is 6.55. The molecular weight excluding hydrogens is 254 g/mol. The maximum absolute atomic E-state index is 9.42. The monoisotopic (exact) mass is 273 g/mol. The SMILES string of the molecule is CCOc1cc(CNc2cccc(O)c2)ccc1OC. The van der Waals surface area contributed by atoms with Gasteiger partial charge in [-0.05, 0) is 36.8 Å². The molecule has 0 unspecified atom stereocenters. The molecule has 0 radical (unpaired) electrons. The number of methoxy groups -OCH3 is 1. The highest BCUT2D eigenvalue weighted by Crippen LogP contribution is 2.28. The highest BCUT2D eigenvalue weighted by molar-refractivity contribution is 5.49. The van der Waals surface area contributed by atoms with Gasteiger partial charge in [0.15, 0.2) is 11.5 Å². The third kappa shape index (κ3) is 3.57. The molecule has 0 spiro atoms. The minimum atomic E-state index is 0.250. The van der Waals surface area contributed by atoms with Gasteiger partial charge in [0.1, 0.15) is 5.75 Å². The maximum Gasteiger partial charge on any atom is 0.161 e. The van der Waals surface area contributed by atoms with Gasteiger partial charge in [-0.1, -0.05) is 12.1 Å². The third-order valence-corrected chi connectivity index (χ3v) is 2.87. The standard InChI is InChI=1S/C16H19NO3/c1-3-20-16-9-12(7-8-15(16)19-2)11-17-13-5-4-6-14(18)10-13/h4-10,17-18H,3,11H2,1-2H3. The summed E-state index contributed by atoms with van der Waals surface area (Å²) in [4.78, 5) is 0. The quantitative estimate of drug-likeness (QED) is 0.846. The summed E-state index contributed by atoms with van der Waals surface area (Å²) in [5, 5.41) is 12.7. The Labute approximate surface area is 119 Å². The van der Waals surface area contributed by atoms with Crippen molar-refractivity contribution in [2.75, 3.05) is 19.0 Å². The zero-order valence-corrected chi connectivity index (χ0v) is 11.7. The van der Waals surface area contributed by atoms with Crippen LogP contribution < -0.4 is 14.8 Å². The van der Waals surface area contributed by atoms with Crippen LogP contribution in [-0.2, 0) is 6.54 Å². The normalized spacial score (nSPS) is 10.1. The number of anilines is 1. The Hall–Kier alpha value is -2.36. The van der Waals surface area contributed by atoms with Crippen LogP contribution >= 0.6 is 0 Å². The van der Waals surface area contributed by atoms with Crippen LogP contribution in [-0.4, -0.2) is 18.8 Å². The van der Waals surface area contributed by atoms with Gasteiger partial charge < -0.3 is 19.9 Å². The van der Waals surface area contributed by atoms with Gasteiger partial charge >= 0.3 is 0 Å². The lowest BCUT2D eigenvalue weighted by Crippen LogP contribution is -2.01. The van der Waals surface area contributed by atoms with E-state index in [1.165, 1.54) is 0 Å². The van der Waals surface area contributed by atoms with E-state index in [2.05, 4.69) is 5.32 Å². The van der Waals surface area contributed by atoms with Crippen LogP contribution in [0.25, 0.3) is 0 Å². The van der Waals surface area contributed by atoms with Crippen LogP contribution in [0, 0.1) is 0 Å². The molecule has 0 saturated heterocycles. The number of aromatic hydroxyl groups is 1. The summed E-state index contributed by atoms with van der Waals surface area (Å²) in [7, 11) is 1.63. The van der Waals surface area contributed by atoms with Crippen LogP contribution in [0.5, 0.6) is 17.2 Å². The molecular formula is C16H19NO3. The second-order valence-electron chi connectivity index (χ2n) is 4.32. The van der Waals surface area contributed by atoms with E-state index in [1.54, 1.807) is 25.3 Å². The molecule has 0 bridgehead atoms. The van der Waals surface area contributed by atoms with Crippen molar-refractivity contribution in [3.8, 4) is 17.2 Å². The summed E-state index contributed by atoms with van der Waals surface area (Å²) in [5.74, 6) is 1.72. The van der Waals surface area contributed by atoms with Crippen LogP contribution in [0.3, 0.4) is 0 Å². The van der Waals surface area contributed by atoms with E-state index < -0.39 is 0 Å². The van der Waals surface area contributed by atoms with E-state index in [0.717, 1.165) is 22.7 Å². The van der Waals surface area contributed by atoms with Crippen molar-refractivity contribution < 1.29 is 14.6 Å². The number of phenolic OH excluding ortho intramolecular Hbond substituents is 1. The number of ether oxygens (including phenoxy) is 2. The van der Waals surface area contributed by atoms with E-state index in [4.69, 9.17) is 9.47 Å². The van der Waals surface area contributed by atoms with Gasteiger partial charge in [-0.3, -0.25) is 0 Å². The van der Waals surface area contributed by atoms with Gasteiger partial charge in [-0.25, -0.2) is 0 Å². The number of nitrogens with one attached hydrogen (secondary N) is 1. The topological polar surface area (TPSA) is 50.7 Å². The van der Waals surface area contributed by atoms with E-state index in [9.17, 15) is 5.11 Å². The van der Waals surface area contributed by atoms with Crippen LogP contribution in [0.2, 0.25) is 0 Å². The molecule has 0 atom stereocenters. The summed E-state index contributed by atoms with van der Waals surface area (Å²) in [6.45, 7) is 3.18. The molecule has 0 heterocycles. The highest BCUT2D eigenvalue weighted by Gasteiger charge is 2.05. The first kappa shape index (κ1) is 14.1. The molecule has 0 fully saturated rings. The third-order valence-electron chi connectivity index (χ3n) is 2.87. The van der Waals surface area contributed by atoms with Crippen molar-refractivity contribution >= 4 is 5.69 Å². The van der Waals surface area contributed by atoms with E-state index in [0.29, 0.717) is 13.2 Å². The van der Waals surface area contributed by atoms with Gasteiger partial charge in [0.25, 0.3) is 0 Å². The molecule has 0 aliphatic heterocycles. The summed E-state index contributed by atoms with van der Waals surface area (Å²) >= 11 is 0. The summed E-state index contributed by atoms with van der Waals surface area (Å²) in [5.41, 5.74) is 1.95. The van der Waals surface area contributed by atoms with Gasteiger partial charge in [-0.15, -0.1) is 0 Å². The Bertz CT molecular complexity index is 569. The van der Waals surface area contributed by atoms with Gasteiger partial charge in [0.05, 0.1) is 13.7 Å². The molecule has 2 rings (SSSR count). The lowest BCUT2D eigenvalue weighted by Gasteiger charge is -2.12. The highest BCUT2D eigenvalue weighted by atomic mass is 16.5. The number of hydrogen-bond donors (Lipinski definition) is 2. The van der Waals surface area contributed by atoms with Crippen molar-refractivity contribution in [2.24, 2.45) is 0 Å². The fourth-order valence-electron chi connectivity index (χ4n) is 1.92. The molecule has 0 aliphatic carbocycles. The molecule has 2 N–H and O–H groups in total. The number of hydrogen-bond acceptors (Lipinski definition) is 4. The molecule has 20 heavy (non-hydrogen) atoms. The molecule has 0 saturated carbocycles. The van der Waals surface area contributed by atoms with Gasteiger partial charge in [-0.2, -0.15) is 0 Å². The van der Waals surface area contributed by atoms with E-state index in [-0.39, 0.29) is 5.75 Å². The Morgan fingerprint density at radius 1 is 1.10 bits per heavy atom. The van der Waals surface area contributed by atoms with Crippen LogP contribution in [0.1, 0.15) is 12.5 Å². The lowest BCUT2D eigenvalue weighted by molar-refractivity contribution is 0.310. The fraction of sp³-hybridized carbons (Fsp3) is 0.250. The average Bonchev–Trinajstić information content (AvgIpc) is 2.46. The molecule has 2 aromatic rings. The minimum Gasteiger partial charge on any atom is -0.508 e. The molecule has 0 amide bonds. The van der Waals surface area contributed by atoms with E-state index >= 15 is 0 Å². The van der Waals surface area contributed by atoms with Crippen molar-refractivity contribution in [3.63, 3.8) is 0 Å². The first-order chi connectivity index (χ1) is 9.72. The fourth-order valence-corrected chi connectivity index (χ4v) is 1.92. The summed E-state index contributed by atoms with van der Waals surface area (Å²) in [6, 6.07) is 12.9. The Balaban J connectivity index is 2.07. The Morgan fingerprint density at radius 2 is 1.95 bits per heavy atom. The smallest absolute Gasteiger partial charge is 0.161 e. The zero-order chi connectivity index (χ0) is 14.4. The van der Waals surface area contributed by atoms with Crippen molar-refractivity contribution in [3.05, 3.63) is 48.0 Å². The van der Waals surface area contributed by atoms with Gasteiger partial charge in [0, 0.05) is 18.3 Å². The zero-order valence-electron chi connectivity index (χ0n) is 11.7. The van der Waals surface area contributed by atoms with Gasteiger partial charge in [0.2, 0.25) is 0 Å². The van der Waals surface area contributed by atoms with Crippen LogP contribution in [0.4, 0.5) is 5.69 Å². The summed E-state index contributed by atoms with van der Waals surface area (Å²) in [6.07, 6.45) is 0.